The van der Waals surface area contributed by atoms with Crippen LogP contribution in [0, 0.1) is 0 Å². The van der Waals surface area contributed by atoms with E-state index >= 15 is 0 Å². The molecule has 3 fully saturated rings. The molecule has 4 radical (unpaired) electrons. The first-order valence-electron chi connectivity index (χ1n) is 11.2. The standard InChI is InChI=1S/C18H32B2O13P2/c1-10-4-12(32-34(21,22)27-8-15-11(26-3)5-17(19)31-15)16(29-10)9-28-35(23,24)33-13-6-18(20)30-14(13)7-25-2/h10-18H,4-9H2,1-3H3,(H,21,22)(H,23,24)/t10-,11+,12+,13+,14+,15+,16+,17+,18+/m0/s1. The summed E-state index contributed by atoms with van der Waals surface area (Å²) in [6.45, 7) is 1.12. The zero-order valence-electron chi connectivity index (χ0n) is 19.9. The normalized spacial score (nSPS) is 41.1. The molecule has 0 amide bonds. The topological polar surface area (TPSA) is 158 Å². The van der Waals surface area contributed by atoms with Crippen LogP contribution in [-0.4, -0.2) is 114 Å². The zero-order chi connectivity index (χ0) is 25.8. The fourth-order valence-corrected chi connectivity index (χ4v) is 6.15. The minimum Gasteiger partial charge on any atom is -0.382 e. The largest absolute Gasteiger partial charge is 0.472 e. The Labute approximate surface area is 207 Å². The van der Waals surface area contributed by atoms with Crippen molar-refractivity contribution in [3.8, 4) is 0 Å². The van der Waals surface area contributed by atoms with Crippen LogP contribution in [0.25, 0.3) is 0 Å². The number of phosphoric acid groups is 2. The van der Waals surface area contributed by atoms with Gasteiger partial charge in [-0.1, -0.05) is 0 Å². The van der Waals surface area contributed by atoms with Crippen molar-refractivity contribution in [1.82, 2.24) is 0 Å². The molecule has 11 atom stereocenters. The maximum absolute atomic E-state index is 12.5. The maximum atomic E-state index is 12.5. The van der Waals surface area contributed by atoms with Gasteiger partial charge < -0.3 is 33.5 Å². The Morgan fingerprint density at radius 2 is 1.23 bits per heavy atom. The lowest BCUT2D eigenvalue weighted by Crippen LogP contribution is -2.31. The number of phosphoric ester groups is 2. The van der Waals surface area contributed by atoms with E-state index in [1.165, 1.54) is 14.2 Å². The van der Waals surface area contributed by atoms with E-state index in [4.69, 9.17) is 57.5 Å². The minimum absolute atomic E-state index is 0.117. The highest BCUT2D eigenvalue weighted by molar-refractivity contribution is 7.47. The molecule has 0 bridgehead atoms. The van der Waals surface area contributed by atoms with E-state index < -0.39 is 64.8 Å². The Bertz CT molecular complexity index is 779. The lowest BCUT2D eigenvalue weighted by Gasteiger charge is -2.25. The predicted octanol–water partition coefficient (Wildman–Crippen LogP) is 0.397. The fourth-order valence-electron chi connectivity index (χ4n) is 4.23. The Balaban J connectivity index is 1.51. The number of hydrogen-bond acceptors (Lipinski definition) is 11. The van der Waals surface area contributed by atoms with E-state index in [1.54, 1.807) is 6.92 Å². The molecule has 0 aromatic rings. The van der Waals surface area contributed by atoms with E-state index in [-0.39, 0.29) is 38.3 Å². The fraction of sp³-hybridized carbons (Fsp3) is 1.00. The molecule has 3 saturated heterocycles. The van der Waals surface area contributed by atoms with E-state index in [9.17, 15) is 18.9 Å². The second-order valence-corrected chi connectivity index (χ2v) is 11.5. The predicted molar refractivity (Wildman–Crippen MR) is 121 cm³/mol. The lowest BCUT2D eigenvalue weighted by molar-refractivity contribution is -0.0419. The monoisotopic (exact) mass is 540 g/mol. The smallest absolute Gasteiger partial charge is 0.382 e. The summed E-state index contributed by atoms with van der Waals surface area (Å²) in [5.74, 6) is 0. The maximum Gasteiger partial charge on any atom is 0.472 e. The third kappa shape index (κ3) is 8.85. The van der Waals surface area contributed by atoms with Crippen LogP contribution in [0.1, 0.15) is 26.2 Å². The highest BCUT2D eigenvalue weighted by atomic mass is 31.2. The van der Waals surface area contributed by atoms with Gasteiger partial charge in [0.2, 0.25) is 0 Å². The summed E-state index contributed by atoms with van der Waals surface area (Å²) < 4.78 is 72.5. The van der Waals surface area contributed by atoms with Gasteiger partial charge in [0.25, 0.3) is 0 Å². The lowest BCUT2D eigenvalue weighted by atomic mass is 9.96. The van der Waals surface area contributed by atoms with Crippen LogP contribution in [0.15, 0.2) is 0 Å². The van der Waals surface area contributed by atoms with Crippen LogP contribution in [-0.2, 0) is 50.9 Å². The van der Waals surface area contributed by atoms with E-state index in [0.717, 1.165) is 0 Å². The van der Waals surface area contributed by atoms with Crippen LogP contribution < -0.4 is 0 Å². The van der Waals surface area contributed by atoms with Crippen molar-refractivity contribution >= 4 is 31.3 Å². The van der Waals surface area contributed by atoms with Crippen LogP contribution in [0.5, 0.6) is 0 Å². The Kier molecular flexibility index (Phi) is 10.9. The summed E-state index contributed by atoms with van der Waals surface area (Å²) in [6, 6.07) is -1.23. The molecule has 3 rings (SSSR count). The third-order valence-corrected chi connectivity index (χ3v) is 7.84. The highest BCUT2D eigenvalue weighted by Crippen LogP contribution is 2.50. The molecule has 17 heteroatoms. The van der Waals surface area contributed by atoms with Crippen LogP contribution in [0.3, 0.4) is 0 Å². The van der Waals surface area contributed by atoms with E-state index in [2.05, 4.69) is 0 Å². The van der Waals surface area contributed by atoms with Crippen LogP contribution >= 0.6 is 15.6 Å². The molecule has 2 unspecified atom stereocenters. The van der Waals surface area contributed by atoms with Gasteiger partial charge in [-0.05, 0) is 19.8 Å². The van der Waals surface area contributed by atoms with Gasteiger partial charge in [-0.15, -0.1) is 0 Å². The van der Waals surface area contributed by atoms with Gasteiger partial charge in [0.1, 0.15) is 40.1 Å². The van der Waals surface area contributed by atoms with Gasteiger partial charge in [0.15, 0.2) is 0 Å². The average molecular weight is 540 g/mol. The van der Waals surface area contributed by atoms with Crippen molar-refractivity contribution in [3.05, 3.63) is 0 Å². The van der Waals surface area contributed by atoms with Crippen molar-refractivity contribution < 1.29 is 60.7 Å². The van der Waals surface area contributed by atoms with Crippen LogP contribution in [0.2, 0.25) is 0 Å². The van der Waals surface area contributed by atoms with E-state index in [0.29, 0.717) is 6.42 Å². The first-order valence-corrected chi connectivity index (χ1v) is 14.2. The molecular weight excluding hydrogens is 508 g/mol. The molecule has 0 spiro atoms. The van der Waals surface area contributed by atoms with Gasteiger partial charge in [0, 0.05) is 32.6 Å². The molecular formula is C18H32B2O13P2. The second kappa shape index (κ2) is 12.8. The zero-order valence-corrected chi connectivity index (χ0v) is 21.7. The Morgan fingerprint density at radius 3 is 1.74 bits per heavy atom. The van der Waals surface area contributed by atoms with Crippen molar-refractivity contribution in [2.24, 2.45) is 0 Å². The molecule has 0 aliphatic carbocycles. The van der Waals surface area contributed by atoms with Gasteiger partial charge in [-0.25, -0.2) is 9.13 Å². The molecule has 0 saturated carbocycles. The van der Waals surface area contributed by atoms with Crippen molar-refractivity contribution in [2.45, 2.75) is 80.9 Å². The third-order valence-electron chi connectivity index (χ3n) is 5.82. The van der Waals surface area contributed by atoms with Crippen molar-refractivity contribution in [2.75, 3.05) is 34.0 Å². The van der Waals surface area contributed by atoms with Gasteiger partial charge in [-0.2, -0.15) is 0 Å². The van der Waals surface area contributed by atoms with Crippen LogP contribution in [0.4, 0.5) is 0 Å². The summed E-state index contributed by atoms with van der Waals surface area (Å²) in [7, 11) is 5.28. The number of methoxy groups -OCH3 is 2. The second-order valence-electron chi connectivity index (χ2n) is 8.66. The molecule has 3 heterocycles. The summed E-state index contributed by atoms with van der Waals surface area (Å²) in [6.07, 6.45) is -3.90. The quantitative estimate of drug-likeness (QED) is 0.245. The highest BCUT2D eigenvalue weighted by Gasteiger charge is 2.43. The molecule has 3 aliphatic heterocycles. The number of hydrogen-bond donors (Lipinski definition) is 2. The van der Waals surface area contributed by atoms with Gasteiger partial charge in [0.05, 0.1) is 38.1 Å². The first kappa shape index (κ1) is 29.7. The van der Waals surface area contributed by atoms with Gasteiger partial charge >= 0.3 is 15.6 Å². The van der Waals surface area contributed by atoms with Gasteiger partial charge in [-0.3, -0.25) is 18.1 Å². The minimum atomic E-state index is -4.55. The molecule has 0 aromatic carbocycles. The Morgan fingerprint density at radius 1 is 0.771 bits per heavy atom. The summed E-state index contributed by atoms with van der Waals surface area (Å²) >= 11 is 0. The van der Waals surface area contributed by atoms with Crippen molar-refractivity contribution in [3.63, 3.8) is 0 Å². The average Bonchev–Trinajstić information content (AvgIpc) is 3.41. The number of ether oxygens (including phenoxy) is 5. The molecule has 2 N–H and O–H groups in total. The Hall–Kier alpha value is 0.150. The van der Waals surface area contributed by atoms with Crippen molar-refractivity contribution in [1.29, 1.82) is 0 Å². The van der Waals surface area contributed by atoms with E-state index in [1.807, 2.05) is 0 Å². The summed E-state index contributed by atoms with van der Waals surface area (Å²) in [5, 5.41) is 0. The summed E-state index contributed by atoms with van der Waals surface area (Å²) in [5.41, 5.74) is 0. The molecule has 3 aliphatic rings. The first-order chi connectivity index (χ1) is 16.4. The molecule has 13 nitrogen and oxygen atoms in total. The number of rotatable bonds is 13. The summed E-state index contributed by atoms with van der Waals surface area (Å²) in [4.78, 5) is 20.4. The molecule has 35 heavy (non-hydrogen) atoms. The molecule has 0 aromatic heterocycles. The molecule has 198 valence electrons. The SMILES string of the molecule is [B][C@H]1C[C@@H](OC)[C@@H](COP(=O)(O)O[C@@H]2C[C@H](C)O[C@@H]2COP(=O)(O)O[C@@H]2C[C@H]([B])O[C@@H]2COC)O1.